The summed E-state index contributed by atoms with van der Waals surface area (Å²) < 4.78 is 0. The third-order valence-corrected chi connectivity index (χ3v) is 3.39. The molecule has 1 heterocycles. The quantitative estimate of drug-likeness (QED) is 0.765. The topological polar surface area (TPSA) is 28.2 Å². The van der Waals surface area contributed by atoms with Crippen LogP contribution in [0.25, 0.3) is 0 Å². The van der Waals surface area contributed by atoms with Gasteiger partial charge < -0.3 is 10.2 Å². The molecule has 18 heavy (non-hydrogen) atoms. The molecule has 1 rings (SSSR count). The Balaban J connectivity index is 2.43. The molecule has 0 fully saturated rings. The van der Waals surface area contributed by atoms with Gasteiger partial charge in [-0.25, -0.2) is 0 Å². The maximum atomic E-state index is 4.37. The molecule has 0 aliphatic heterocycles. The Kier molecular flexibility index (Phi) is 6.91. The maximum Gasteiger partial charge on any atom is 0.0416 e. The van der Waals surface area contributed by atoms with Gasteiger partial charge in [-0.05, 0) is 31.6 Å². The SMILES string of the molecule is CCNCC(C(C)C)N(C)CCc1ccccn1. The highest BCUT2D eigenvalue weighted by Crippen LogP contribution is 2.09. The third kappa shape index (κ3) is 5.15. The Labute approximate surface area is 112 Å². The number of rotatable bonds is 8. The lowest BCUT2D eigenvalue weighted by molar-refractivity contribution is 0.189. The first-order valence-electron chi connectivity index (χ1n) is 6.96. The lowest BCUT2D eigenvalue weighted by atomic mass is 10.0. The minimum Gasteiger partial charge on any atom is -0.315 e. The molecule has 1 N–H and O–H groups in total. The van der Waals surface area contributed by atoms with Gasteiger partial charge in [0.1, 0.15) is 0 Å². The minimum atomic E-state index is 0.591. The van der Waals surface area contributed by atoms with E-state index in [1.807, 2.05) is 12.3 Å². The zero-order valence-electron chi connectivity index (χ0n) is 12.2. The number of pyridine rings is 1. The Morgan fingerprint density at radius 3 is 2.67 bits per heavy atom. The summed E-state index contributed by atoms with van der Waals surface area (Å²) in [4.78, 5) is 6.82. The van der Waals surface area contributed by atoms with Crippen molar-refractivity contribution in [2.45, 2.75) is 33.2 Å². The molecule has 0 radical (unpaired) electrons. The summed E-state index contributed by atoms with van der Waals surface area (Å²) >= 11 is 0. The van der Waals surface area contributed by atoms with E-state index in [2.05, 4.69) is 55.2 Å². The van der Waals surface area contributed by atoms with E-state index in [9.17, 15) is 0 Å². The van der Waals surface area contributed by atoms with Crippen molar-refractivity contribution in [2.75, 3.05) is 26.7 Å². The first kappa shape index (κ1) is 15.1. The van der Waals surface area contributed by atoms with Crippen molar-refractivity contribution in [3.05, 3.63) is 30.1 Å². The molecule has 102 valence electrons. The van der Waals surface area contributed by atoms with Crippen LogP contribution in [0.4, 0.5) is 0 Å². The zero-order valence-corrected chi connectivity index (χ0v) is 12.2. The van der Waals surface area contributed by atoms with Crippen LogP contribution < -0.4 is 5.32 Å². The molecule has 1 aromatic rings. The van der Waals surface area contributed by atoms with Crippen molar-refractivity contribution in [2.24, 2.45) is 5.92 Å². The van der Waals surface area contributed by atoms with Crippen LogP contribution in [-0.4, -0.2) is 42.6 Å². The van der Waals surface area contributed by atoms with Gasteiger partial charge >= 0.3 is 0 Å². The van der Waals surface area contributed by atoms with E-state index in [4.69, 9.17) is 0 Å². The molecular weight excluding hydrogens is 222 g/mol. The van der Waals surface area contributed by atoms with Crippen LogP contribution in [0.2, 0.25) is 0 Å². The second kappa shape index (κ2) is 8.22. The van der Waals surface area contributed by atoms with Gasteiger partial charge in [0.05, 0.1) is 0 Å². The summed E-state index contributed by atoms with van der Waals surface area (Å²) in [6.07, 6.45) is 2.89. The average Bonchev–Trinajstić information content (AvgIpc) is 2.37. The second-order valence-electron chi connectivity index (χ2n) is 5.17. The molecule has 0 spiro atoms. The molecule has 0 saturated carbocycles. The van der Waals surface area contributed by atoms with Gasteiger partial charge in [-0.3, -0.25) is 4.98 Å². The number of likely N-dealkylation sites (N-methyl/N-ethyl adjacent to an activating group) is 2. The second-order valence-corrected chi connectivity index (χ2v) is 5.17. The van der Waals surface area contributed by atoms with E-state index < -0.39 is 0 Å². The van der Waals surface area contributed by atoms with Gasteiger partial charge in [-0.2, -0.15) is 0 Å². The number of hydrogen-bond acceptors (Lipinski definition) is 3. The first-order valence-corrected chi connectivity index (χ1v) is 6.96. The van der Waals surface area contributed by atoms with Crippen LogP contribution >= 0.6 is 0 Å². The maximum absolute atomic E-state index is 4.37. The normalized spacial score (nSPS) is 13.2. The van der Waals surface area contributed by atoms with Gasteiger partial charge in [0, 0.05) is 37.4 Å². The Morgan fingerprint density at radius 1 is 1.33 bits per heavy atom. The highest BCUT2D eigenvalue weighted by atomic mass is 15.1. The molecule has 3 heteroatoms. The summed E-state index contributed by atoms with van der Waals surface area (Å²) in [5, 5.41) is 3.45. The van der Waals surface area contributed by atoms with Gasteiger partial charge in [-0.15, -0.1) is 0 Å². The van der Waals surface area contributed by atoms with Crippen LogP contribution in [0.15, 0.2) is 24.4 Å². The lowest BCUT2D eigenvalue weighted by Crippen LogP contribution is -2.44. The fraction of sp³-hybridized carbons (Fsp3) is 0.667. The monoisotopic (exact) mass is 249 g/mol. The van der Waals surface area contributed by atoms with Crippen molar-refractivity contribution in [1.82, 2.24) is 15.2 Å². The molecule has 0 bridgehead atoms. The Bertz CT molecular complexity index is 311. The zero-order chi connectivity index (χ0) is 13.4. The predicted molar refractivity (Wildman–Crippen MR) is 77.7 cm³/mol. The summed E-state index contributed by atoms with van der Waals surface area (Å²) in [7, 11) is 2.21. The van der Waals surface area contributed by atoms with Gasteiger partial charge in [-0.1, -0.05) is 26.8 Å². The first-order chi connectivity index (χ1) is 8.65. The minimum absolute atomic E-state index is 0.591. The number of nitrogens with one attached hydrogen (secondary N) is 1. The Morgan fingerprint density at radius 2 is 2.11 bits per heavy atom. The molecular formula is C15H27N3. The van der Waals surface area contributed by atoms with Crippen molar-refractivity contribution >= 4 is 0 Å². The Hall–Kier alpha value is -0.930. The van der Waals surface area contributed by atoms with Gasteiger partial charge in [0.2, 0.25) is 0 Å². The van der Waals surface area contributed by atoms with Crippen LogP contribution in [0, 0.1) is 5.92 Å². The van der Waals surface area contributed by atoms with Crippen LogP contribution in [0.3, 0.4) is 0 Å². The summed E-state index contributed by atoms with van der Waals surface area (Å²) in [6, 6.07) is 6.72. The van der Waals surface area contributed by atoms with Crippen LogP contribution in [-0.2, 0) is 6.42 Å². The predicted octanol–water partition coefficient (Wildman–Crippen LogP) is 2.19. The van der Waals surface area contributed by atoms with Crippen molar-refractivity contribution < 1.29 is 0 Å². The molecule has 0 aliphatic rings. The smallest absolute Gasteiger partial charge is 0.0416 e. The van der Waals surface area contributed by atoms with E-state index in [0.717, 1.165) is 26.1 Å². The fourth-order valence-electron chi connectivity index (χ4n) is 2.20. The molecule has 3 nitrogen and oxygen atoms in total. The van der Waals surface area contributed by atoms with Crippen molar-refractivity contribution in [1.29, 1.82) is 0 Å². The van der Waals surface area contributed by atoms with Crippen LogP contribution in [0.1, 0.15) is 26.5 Å². The average molecular weight is 249 g/mol. The van der Waals surface area contributed by atoms with Crippen LogP contribution in [0.5, 0.6) is 0 Å². The standard InChI is InChI=1S/C15H27N3/c1-5-16-12-15(13(2)3)18(4)11-9-14-8-6-7-10-17-14/h6-8,10,13,15-16H,5,9,11-12H2,1-4H3. The van der Waals surface area contributed by atoms with Crippen molar-refractivity contribution in [3.8, 4) is 0 Å². The highest BCUT2D eigenvalue weighted by Gasteiger charge is 2.17. The van der Waals surface area contributed by atoms with E-state index >= 15 is 0 Å². The molecule has 1 atom stereocenters. The largest absolute Gasteiger partial charge is 0.315 e. The third-order valence-electron chi connectivity index (χ3n) is 3.39. The highest BCUT2D eigenvalue weighted by molar-refractivity contribution is 5.03. The fourth-order valence-corrected chi connectivity index (χ4v) is 2.20. The summed E-state index contributed by atoms with van der Waals surface area (Å²) in [5.41, 5.74) is 1.18. The molecule has 0 aromatic carbocycles. The number of hydrogen-bond donors (Lipinski definition) is 1. The van der Waals surface area contributed by atoms with Gasteiger partial charge in [0.15, 0.2) is 0 Å². The molecule has 1 aromatic heterocycles. The molecule has 0 aliphatic carbocycles. The van der Waals surface area contributed by atoms with Gasteiger partial charge in [0.25, 0.3) is 0 Å². The van der Waals surface area contributed by atoms with E-state index in [-0.39, 0.29) is 0 Å². The van der Waals surface area contributed by atoms with Crippen molar-refractivity contribution in [3.63, 3.8) is 0 Å². The summed E-state index contributed by atoms with van der Waals surface area (Å²) in [6.45, 7) is 9.90. The van der Waals surface area contributed by atoms with E-state index in [1.165, 1.54) is 5.69 Å². The molecule has 0 amide bonds. The lowest BCUT2D eigenvalue weighted by Gasteiger charge is -2.31. The van der Waals surface area contributed by atoms with E-state index in [0.29, 0.717) is 12.0 Å². The molecule has 1 unspecified atom stereocenters. The molecule has 0 saturated heterocycles. The summed E-state index contributed by atoms with van der Waals surface area (Å²) in [5.74, 6) is 0.665. The van der Waals surface area contributed by atoms with E-state index in [1.54, 1.807) is 0 Å². The number of nitrogens with zero attached hydrogens (tertiary/aromatic N) is 2. The number of aromatic nitrogens is 1.